The van der Waals surface area contributed by atoms with Crippen molar-refractivity contribution in [3.63, 3.8) is 0 Å². The van der Waals surface area contributed by atoms with E-state index in [2.05, 4.69) is 11.8 Å². The molecule has 0 radical (unpaired) electrons. The number of aliphatic hydroxyl groups excluding tert-OH is 1. The predicted octanol–water partition coefficient (Wildman–Crippen LogP) is 3.18. The summed E-state index contributed by atoms with van der Waals surface area (Å²) in [5.41, 5.74) is 2.76. The average Bonchev–Trinajstić information content (AvgIpc) is 2.85. The van der Waals surface area contributed by atoms with E-state index in [0.29, 0.717) is 17.7 Å². The predicted molar refractivity (Wildman–Crippen MR) is 125 cm³/mol. The van der Waals surface area contributed by atoms with Gasteiger partial charge in [0.15, 0.2) is 0 Å². The fraction of sp³-hybridized carbons (Fsp3) is 0.214. The molecule has 2 fully saturated rings. The number of piperazine rings is 1. The third kappa shape index (κ3) is 4.41. The standard InChI is InChI=1S/C28H22F2N2O3/c29-22-11-5-19(6-12-22)2-1-18-3-7-20(8-4-18)27-24-15-31(16-26(34)32(24)25(27)17-33)28(35)21-9-13-23(30)14-10-21/h3-14,24-25,27,33H,15-17H2/t24-,25+,27+/m0/s1. The van der Waals surface area contributed by atoms with E-state index < -0.39 is 5.82 Å². The Bertz CT molecular complexity index is 1310. The molecule has 5 nitrogen and oxygen atoms in total. The van der Waals surface area contributed by atoms with Gasteiger partial charge < -0.3 is 14.9 Å². The van der Waals surface area contributed by atoms with Gasteiger partial charge >= 0.3 is 0 Å². The minimum absolute atomic E-state index is 0.0756. The molecular formula is C28H22F2N2O3. The van der Waals surface area contributed by atoms with Gasteiger partial charge in [0.25, 0.3) is 5.91 Å². The van der Waals surface area contributed by atoms with Crippen LogP contribution >= 0.6 is 0 Å². The number of amides is 2. The summed E-state index contributed by atoms with van der Waals surface area (Å²) in [6, 6.07) is 18.2. The minimum atomic E-state index is -0.432. The van der Waals surface area contributed by atoms with Crippen LogP contribution in [0.4, 0.5) is 8.78 Å². The van der Waals surface area contributed by atoms with Crippen molar-refractivity contribution >= 4 is 11.8 Å². The largest absolute Gasteiger partial charge is 0.394 e. The van der Waals surface area contributed by atoms with E-state index in [9.17, 15) is 23.5 Å². The second kappa shape index (κ2) is 9.32. The molecule has 0 unspecified atom stereocenters. The third-order valence-electron chi connectivity index (χ3n) is 6.62. The molecule has 0 aliphatic carbocycles. The van der Waals surface area contributed by atoms with Gasteiger partial charge in [-0.2, -0.15) is 0 Å². The molecule has 2 aliphatic rings. The van der Waals surface area contributed by atoms with Crippen molar-refractivity contribution in [2.75, 3.05) is 19.7 Å². The van der Waals surface area contributed by atoms with Crippen molar-refractivity contribution in [2.24, 2.45) is 0 Å². The fourth-order valence-corrected chi connectivity index (χ4v) is 4.90. The number of nitrogens with zero attached hydrogens (tertiary/aromatic N) is 2. The van der Waals surface area contributed by atoms with Gasteiger partial charge in [0.2, 0.25) is 5.91 Å². The van der Waals surface area contributed by atoms with Crippen LogP contribution in [0.2, 0.25) is 0 Å². The Hall–Kier alpha value is -4.02. The lowest BCUT2D eigenvalue weighted by molar-refractivity contribution is -0.159. The lowest BCUT2D eigenvalue weighted by Gasteiger charge is -2.58. The summed E-state index contributed by atoms with van der Waals surface area (Å²) in [6.45, 7) is 0.0774. The van der Waals surface area contributed by atoms with E-state index in [1.165, 1.54) is 41.3 Å². The van der Waals surface area contributed by atoms with E-state index >= 15 is 0 Å². The zero-order valence-corrected chi connectivity index (χ0v) is 18.7. The molecule has 5 rings (SSSR count). The van der Waals surface area contributed by atoms with Crippen molar-refractivity contribution in [1.29, 1.82) is 0 Å². The van der Waals surface area contributed by atoms with Gasteiger partial charge in [-0.05, 0) is 66.2 Å². The maximum atomic E-state index is 13.2. The number of carbonyl (C=O) groups is 2. The molecule has 3 aromatic carbocycles. The van der Waals surface area contributed by atoms with Gasteiger partial charge in [0, 0.05) is 29.2 Å². The van der Waals surface area contributed by atoms with E-state index in [4.69, 9.17) is 0 Å². The van der Waals surface area contributed by atoms with Crippen LogP contribution < -0.4 is 0 Å². The first-order valence-corrected chi connectivity index (χ1v) is 11.3. The van der Waals surface area contributed by atoms with Gasteiger partial charge in [-0.1, -0.05) is 24.0 Å². The summed E-state index contributed by atoms with van der Waals surface area (Å²) in [4.78, 5) is 28.9. The van der Waals surface area contributed by atoms with Crippen LogP contribution in [-0.4, -0.2) is 58.5 Å². The smallest absolute Gasteiger partial charge is 0.254 e. The van der Waals surface area contributed by atoms with Crippen molar-refractivity contribution in [3.8, 4) is 11.8 Å². The number of benzene rings is 3. The van der Waals surface area contributed by atoms with Gasteiger partial charge in [0.05, 0.1) is 18.7 Å². The normalized spacial score (nSPS) is 21.0. The van der Waals surface area contributed by atoms with E-state index in [1.54, 1.807) is 17.0 Å². The molecule has 0 spiro atoms. The molecule has 3 aromatic rings. The maximum Gasteiger partial charge on any atom is 0.254 e. The molecular weight excluding hydrogens is 450 g/mol. The summed E-state index contributed by atoms with van der Waals surface area (Å²) in [7, 11) is 0. The Kier molecular flexibility index (Phi) is 6.06. The number of aliphatic hydroxyl groups is 1. The number of rotatable bonds is 3. The molecule has 3 atom stereocenters. The van der Waals surface area contributed by atoms with E-state index in [1.807, 2.05) is 24.3 Å². The van der Waals surface area contributed by atoms with Crippen LogP contribution in [0, 0.1) is 23.5 Å². The number of hydrogen-bond acceptors (Lipinski definition) is 3. The molecule has 35 heavy (non-hydrogen) atoms. The second-order valence-corrected chi connectivity index (χ2v) is 8.72. The second-order valence-electron chi connectivity index (χ2n) is 8.72. The molecule has 2 saturated heterocycles. The Morgan fingerprint density at radius 3 is 2.00 bits per heavy atom. The highest BCUT2D eigenvalue weighted by molar-refractivity contribution is 5.97. The van der Waals surface area contributed by atoms with E-state index in [0.717, 1.165) is 11.1 Å². The maximum absolute atomic E-state index is 13.2. The first-order valence-electron chi connectivity index (χ1n) is 11.3. The quantitative estimate of drug-likeness (QED) is 0.596. The van der Waals surface area contributed by atoms with Crippen LogP contribution in [0.15, 0.2) is 72.8 Å². The highest BCUT2D eigenvalue weighted by atomic mass is 19.1. The molecule has 0 saturated carbocycles. The molecule has 2 heterocycles. The van der Waals surface area contributed by atoms with Crippen LogP contribution in [0.25, 0.3) is 0 Å². The highest BCUT2D eigenvalue weighted by Gasteiger charge is 2.54. The SMILES string of the molecule is O=C(c1ccc(F)cc1)N1CC(=O)N2[C@H](CO)[C@H](c3ccc(C#Cc4ccc(F)cc4)cc3)[C@@H]2C1. The van der Waals surface area contributed by atoms with Crippen molar-refractivity contribution in [2.45, 2.75) is 18.0 Å². The van der Waals surface area contributed by atoms with Gasteiger partial charge in [-0.25, -0.2) is 8.78 Å². The number of halogens is 2. The molecule has 0 aromatic heterocycles. The summed E-state index contributed by atoms with van der Waals surface area (Å²) in [5.74, 6) is 4.63. The number of carbonyl (C=O) groups excluding carboxylic acids is 2. The van der Waals surface area contributed by atoms with Crippen LogP contribution in [0.3, 0.4) is 0 Å². The summed E-state index contributed by atoms with van der Waals surface area (Å²) in [6.07, 6.45) is 0. The summed E-state index contributed by atoms with van der Waals surface area (Å²) >= 11 is 0. The van der Waals surface area contributed by atoms with Gasteiger partial charge in [-0.3, -0.25) is 9.59 Å². The van der Waals surface area contributed by atoms with Crippen molar-refractivity contribution in [1.82, 2.24) is 9.80 Å². The molecule has 0 bridgehead atoms. The average molecular weight is 472 g/mol. The van der Waals surface area contributed by atoms with Crippen LogP contribution in [0.5, 0.6) is 0 Å². The van der Waals surface area contributed by atoms with Crippen LogP contribution in [0.1, 0.15) is 33.0 Å². The Labute approximate surface area is 201 Å². The molecule has 7 heteroatoms. The van der Waals surface area contributed by atoms with Crippen LogP contribution in [-0.2, 0) is 4.79 Å². The summed E-state index contributed by atoms with van der Waals surface area (Å²) < 4.78 is 26.3. The van der Waals surface area contributed by atoms with E-state index in [-0.39, 0.29) is 48.8 Å². The molecule has 176 valence electrons. The first kappa shape index (κ1) is 22.8. The number of hydrogen-bond donors (Lipinski definition) is 1. The topological polar surface area (TPSA) is 60.9 Å². The highest BCUT2D eigenvalue weighted by Crippen LogP contribution is 2.43. The lowest BCUT2D eigenvalue weighted by Crippen LogP contribution is -2.73. The zero-order valence-electron chi connectivity index (χ0n) is 18.7. The Morgan fingerprint density at radius 2 is 1.43 bits per heavy atom. The third-order valence-corrected chi connectivity index (χ3v) is 6.62. The van der Waals surface area contributed by atoms with Gasteiger partial charge in [-0.15, -0.1) is 0 Å². The molecule has 2 amide bonds. The molecule has 2 aliphatic heterocycles. The van der Waals surface area contributed by atoms with Crippen molar-refractivity contribution in [3.05, 3.63) is 107 Å². The number of fused-ring (bicyclic) bond motifs is 1. The Morgan fingerprint density at radius 1 is 0.886 bits per heavy atom. The molecule has 1 N–H and O–H groups in total. The zero-order chi connectivity index (χ0) is 24.5. The Balaban J connectivity index is 1.34. The lowest BCUT2D eigenvalue weighted by atomic mass is 9.73. The fourth-order valence-electron chi connectivity index (χ4n) is 4.90. The van der Waals surface area contributed by atoms with Crippen molar-refractivity contribution < 1.29 is 23.5 Å². The summed E-state index contributed by atoms with van der Waals surface area (Å²) in [5, 5.41) is 9.98. The monoisotopic (exact) mass is 472 g/mol. The van der Waals surface area contributed by atoms with Gasteiger partial charge in [0.1, 0.15) is 18.2 Å². The minimum Gasteiger partial charge on any atom is -0.394 e. The first-order chi connectivity index (χ1) is 16.9.